The van der Waals surface area contributed by atoms with Crippen LogP contribution in [0.1, 0.15) is 6.92 Å². The van der Waals surface area contributed by atoms with Gasteiger partial charge in [0.05, 0.1) is 6.04 Å². The van der Waals surface area contributed by atoms with Crippen molar-refractivity contribution in [3.8, 4) is 0 Å². The van der Waals surface area contributed by atoms with Crippen LogP contribution in [0.3, 0.4) is 0 Å². The van der Waals surface area contributed by atoms with Crippen LogP contribution in [0, 0.1) is 0 Å². The van der Waals surface area contributed by atoms with Crippen molar-refractivity contribution in [1.29, 1.82) is 0 Å². The minimum atomic E-state index is 0.338. The summed E-state index contributed by atoms with van der Waals surface area (Å²) in [5.41, 5.74) is 0. The average molecular weight is 84.1 g/mol. The van der Waals surface area contributed by atoms with Gasteiger partial charge in [-0.2, -0.15) is 0 Å². The number of ether oxygens (including phenoxy) is 1. The maximum atomic E-state index is 4.64. The van der Waals surface area contributed by atoms with Gasteiger partial charge in [0.2, 0.25) is 0 Å². The lowest BCUT2D eigenvalue weighted by molar-refractivity contribution is 0.335. The molecule has 1 rings (SSSR count). The van der Waals surface area contributed by atoms with Gasteiger partial charge in [-0.3, -0.25) is 0 Å². The molecule has 0 bridgehead atoms. The van der Waals surface area contributed by atoms with E-state index in [0.29, 0.717) is 12.6 Å². The zero-order valence-corrected chi connectivity index (χ0v) is 3.64. The monoisotopic (exact) mass is 84.0 g/mol. The predicted molar refractivity (Wildman–Crippen MR) is 22.8 cm³/mol. The molecule has 1 aliphatic rings. The Bertz CT molecular complexity index is 69.9. The third-order valence-electron chi connectivity index (χ3n) is 0.662. The molecule has 1 atom stereocenters. The van der Waals surface area contributed by atoms with E-state index in [1.165, 1.54) is 0 Å². The van der Waals surface area contributed by atoms with Gasteiger partial charge in [-0.25, -0.2) is 4.99 Å². The molecular weight excluding hydrogens is 78.1 g/mol. The first-order valence-electron chi connectivity index (χ1n) is 1.96. The van der Waals surface area contributed by atoms with Gasteiger partial charge in [0.15, 0.2) is 0 Å². The van der Waals surface area contributed by atoms with Gasteiger partial charge in [0.25, 0.3) is 6.40 Å². The predicted octanol–water partition coefficient (Wildman–Crippen LogP) is 0.310. The second-order valence-electron chi connectivity index (χ2n) is 1.38. The summed E-state index contributed by atoms with van der Waals surface area (Å²) >= 11 is 0. The molecule has 0 amide bonds. The summed E-state index contributed by atoms with van der Waals surface area (Å²) in [6, 6.07) is 0.338. The summed E-state index contributed by atoms with van der Waals surface area (Å²) in [6.07, 6.45) is 2.40. The van der Waals surface area contributed by atoms with Crippen molar-refractivity contribution in [2.75, 3.05) is 6.61 Å². The van der Waals surface area contributed by atoms with E-state index in [-0.39, 0.29) is 0 Å². The fourth-order valence-corrected chi connectivity index (χ4v) is 0.322. The number of hydrogen-bond acceptors (Lipinski definition) is 2. The summed E-state index contributed by atoms with van der Waals surface area (Å²) in [4.78, 5) is 3.76. The Morgan fingerprint density at radius 1 is 2.00 bits per heavy atom. The number of hydrogen-bond donors (Lipinski definition) is 0. The van der Waals surface area contributed by atoms with E-state index in [9.17, 15) is 0 Å². The summed E-state index contributed by atoms with van der Waals surface area (Å²) in [6.45, 7) is 2.69. The van der Waals surface area contributed by atoms with Crippen LogP contribution in [-0.4, -0.2) is 19.0 Å². The molecule has 0 aromatic carbocycles. The summed E-state index contributed by atoms with van der Waals surface area (Å²) < 4.78 is 4.64. The molecule has 1 aliphatic heterocycles. The van der Waals surface area contributed by atoms with Crippen LogP contribution in [0.4, 0.5) is 0 Å². The second-order valence-corrected chi connectivity index (χ2v) is 1.38. The van der Waals surface area contributed by atoms with Crippen molar-refractivity contribution >= 4 is 6.40 Å². The third-order valence-corrected chi connectivity index (χ3v) is 0.662. The Morgan fingerprint density at radius 3 is 3.00 bits per heavy atom. The molecule has 0 aromatic heterocycles. The van der Waals surface area contributed by atoms with E-state index >= 15 is 0 Å². The molecule has 2 heteroatoms. The summed E-state index contributed by atoms with van der Waals surface area (Å²) in [5, 5.41) is 0. The van der Waals surface area contributed by atoms with Crippen LogP contribution in [0.25, 0.3) is 0 Å². The highest BCUT2D eigenvalue weighted by Crippen LogP contribution is 1.94. The zero-order chi connectivity index (χ0) is 4.41. The lowest BCUT2D eigenvalue weighted by Crippen LogP contribution is -1.97. The van der Waals surface area contributed by atoms with E-state index in [4.69, 9.17) is 0 Å². The molecule has 0 spiro atoms. The Morgan fingerprint density at radius 2 is 2.83 bits per heavy atom. The largest absolute Gasteiger partial charge is 0.472 e. The van der Waals surface area contributed by atoms with Crippen molar-refractivity contribution in [3.63, 3.8) is 0 Å². The number of rotatable bonds is 0. The highest BCUT2D eigenvalue weighted by molar-refractivity contribution is 5.48. The molecular formula is C4H6NO. The topological polar surface area (TPSA) is 21.6 Å². The van der Waals surface area contributed by atoms with Crippen molar-refractivity contribution in [2.45, 2.75) is 13.0 Å². The average Bonchev–Trinajstić information content (AvgIpc) is 1.86. The number of aliphatic imine (C=N–C) groups is 1. The molecule has 0 aromatic rings. The van der Waals surface area contributed by atoms with Crippen LogP contribution in [-0.2, 0) is 4.74 Å². The molecule has 0 N–H and O–H groups in total. The maximum Gasteiger partial charge on any atom is 0.273 e. The molecule has 33 valence electrons. The molecule has 0 saturated carbocycles. The van der Waals surface area contributed by atoms with Crippen LogP contribution in [0.15, 0.2) is 4.99 Å². The third kappa shape index (κ3) is 0.506. The van der Waals surface area contributed by atoms with Crippen molar-refractivity contribution < 1.29 is 4.74 Å². The van der Waals surface area contributed by atoms with Crippen molar-refractivity contribution in [3.05, 3.63) is 0 Å². The van der Waals surface area contributed by atoms with Gasteiger partial charge < -0.3 is 4.74 Å². The quantitative estimate of drug-likeness (QED) is 0.414. The fourth-order valence-electron chi connectivity index (χ4n) is 0.322. The zero-order valence-electron chi connectivity index (χ0n) is 3.64. The highest BCUT2D eigenvalue weighted by Gasteiger charge is 2.02. The fraction of sp³-hybridized carbons (Fsp3) is 0.750. The van der Waals surface area contributed by atoms with Gasteiger partial charge >= 0.3 is 0 Å². The van der Waals surface area contributed by atoms with Gasteiger partial charge in [0, 0.05) is 0 Å². The van der Waals surface area contributed by atoms with E-state index in [1.54, 1.807) is 0 Å². The first kappa shape index (κ1) is 3.65. The molecule has 1 radical (unpaired) electrons. The Balaban J connectivity index is 2.38. The van der Waals surface area contributed by atoms with E-state index in [0.717, 1.165) is 0 Å². The minimum Gasteiger partial charge on any atom is -0.472 e. The lowest BCUT2D eigenvalue weighted by atomic mass is 10.4. The van der Waals surface area contributed by atoms with Crippen LogP contribution in [0.5, 0.6) is 0 Å². The molecule has 1 heterocycles. The van der Waals surface area contributed by atoms with Gasteiger partial charge in [-0.1, -0.05) is 0 Å². The molecule has 2 nitrogen and oxygen atoms in total. The first-order chi connectivity index (χ1) is 2.89. The molecule has 6 heavy (non-hydrogen) atoms. The maximum absolute atomic E-state index is 4.64. The molecule has 0 aliphatic carbocycles. The SMILES string of the molecule is C[C@@H]1CO[C]=N1. The smallest absolute Gasteiger partial charge is 0.273 e. The van der Waals surface area contributed by atoms with Gasteiger partial charge in [-0.15, -0.1) is 0 Å². The Labute approximate surface area is 36.8 Å². The minimum absolute atomic E-state index is 0.338. The van der Waals surface area contributed by atoms with Crippen LogP contribution in [0.2, 0.25) is 0 Å². The lowest BCUT2D eigenvalue weighted by Gasteiger charge is -1.87. The van der Waals surface area contributed by atoms with E-state index < -0.39 is 0 Å². The molecule has 0 fully saturated rings. The Kier molecular flexibility index (Phi) is 0.783. The normalized spacial score (nSPS) is 30.5. The summed E-state index contributed by atoms with van der Waals surface area (Å²) in [5.74, 6) is 0. The number of nitrogens with zero attached hydrogens (tertiary/aromatic N) is 1. The molecule has 0 unspecified atom stereocenters. The first-order valence-corrected chi connectivity index (χ1v) is 1.96. The second kappa shape index (κ2) is 1.29. The molecule has 0 saturated heterocycles. The van der Waals surface area contributed by atoms with Crippen LogP contribution < -0.4 is 0 Å². The highest BCUT2D eigenvalue weighted by atomic mass is 16.5. The van der Waals surface area contributed by atoms with E-state index in [2.05, 4.69) is 16.1 Å². The summed E-state index contributed by atoms with van der Waals surface area (Å²) in [7, 11) is 0. The van der Waals surface area contributed by atoms with Gasteiger partial charge in [0.1, 0.15) is 6.61 Å². The van der Waals surface area contributed by atoms with E-state index in [1.807, 2.05) is 6.92 Å². The standard InChI is InChI=1S/C4H6NO/c1-4-2-6-3-5-4/h4H,2H2,1H3/t4-/m1/s1. The van der Waals surface area contributed by atoms with Crippen molar-refractivity contribution in [1.82, 2.24) is 0 Å². The van der Waals surface area contributed by atoms with Gasteiger partial charge in [-0.05, 0) is 6.92 Å². The Hall–Kier alpha value is -0.530. The van der Waals surface area contributed by atoms with Crippen molar-refractivity contribution in [2.24, 2.45) is 4.99 Å². The van der Waals surface area contributed by atoms with Crippen LogP contribution >= 0.6 is 0 Å².